The zero-order valence-corrected chi connectivity index (χ0v) is 22.1. The van der Waals surface area contributed by atoms with Crippen LogP contribution in [0.25, 0.3) is 6.08 Å². The summed E-state index contributed by atoms with van der Waals surface area (Å²) in [7, 11) is 1.76. The molecule has 1 saturated heterocycles. The van der Waals surface area contributed by atoms with Gasteiger partial charge in [0.25, 0.3) is 0 Å². The molecule has 0 aromatic heterocycles. The number of hydrogen-bond donors (Lipinski definition) is 2. The highest BCUT2D eigenvalue weighted by Gasteiger charge is 2.73. The molecular weight excluding hydrogens is 507 g/mol. The van der Waals surface area contributed by atoms with Crippen molar-refractivity contribution in [3.05, 3.63) is 63.9 Å². The molecule has 3 aliphatic carbocycles. The first-order valence-electron chi connectivity index (χ1n) is 13.6. The summed E-state index contributed by atoms with van der Waals surface area (Å²) in [5.41, 5.74) is 0.954. The molecule has 200 valence electrons. The number of aliphatic hydroxyl groups is 1. The molecule has 2 unspecified atom stereocenters. The molecule has 2 N–H and O–H groups in total. The zero-order chi connectivity index (χ0) is 26.4. The lowest BCUT2D eigenvalue weighted by Gasteiger charge is -2.64. The molecular formula is C30H32ClFN2O4. The average molecular weight is 539 g/mol. The maximum absolute atomic E-state index is 13.9. The number of aromatic hydroxyl groups is 1. The average Bonchev–Trinajstić information content (AvgIpc) is 3.64. The summed E-state index contributed by atoms with van der Waals surface area (Å²) in [5, 5.41) is 23.4. The molecule has 0 radical (unpaired) electrons. The Morgan fingerprint density at radius 2 is 2.08 bits per heavy atom. The van der Waals surface area contributed by atoms with Gasteiger partial charge in [0.1, 0.15) is 11.9 Å². The number of phenols is 1. The topological polar surface area (TPSA) is 73.2 Å². The van der Waals surface area contributed by atoms with E-state index in [4.69, 9.17) is 16.3 Å². The third kappa shape index (κ3) is 3.34. The van der Waals surface area contributed by atoms with E-state index in [1.165, 1.54) is 31.1 Å². The molecule has 8 heteroatoms. The Kier molecular flexibility index (Phi) is 5.43. The van der Waals surface area contributed by atoms with Gasteiger partial charge in [-0.25, -0.2) is 4.39 Å². The van der Waals surface area contributed by atoms with Gasteiger partial charge in [0.15, 0.2) is 11.5 Å². The molecule has 2 aliphatic heterocycles. The van der Waals surface area contributed by atoms with Gasteiger partial charge in [0.05, 0.1) is 22.1 Å². The number of phenolic OH excluding ortho intramolecular Hbond substituents is 1. The second-order valence-electron chi connectivity index (χ2n) is 11.9. The number of likely N-dealkylation sites (tertiary alicyclic amines) is 1. The lowest BCUT2D eigenvalue weighted by atomic mass is 9.48. The Morgan fingerprint density at radius 3 is 2.84 bits per heavy atom. The van der Waals surface area contributed by atoms with Crippen LogP contribution in [0.15, 0.2) is 36.4 Å². The summed E-state index contributed by atoms with van der Waals surface area (Å²) >= 11 is 5.78. The molecule has 2 aromatic carbocycles. The molecule has 5 aliphatic rings. The van der Waals surface area contributed by atoms with Gasteiger partial charge in [0.2, 0.25) is 5.91 Å². The van der Waals surface area contributed by atoms with E-state index in [0.717, 1.165) is 43.0 Å². The number of amides is 1. The van der Waals surface area contributed by atoms with E-state index in [9.17, 15) is 19.4 Å². The molecule has 2 saturated carbocycles. The van der Waals surface area contributed by atoms with Crippen molar-refractivity contribution in [1.29, 1.82) is 0 Å². The fourth-order valence-corrected chi connectivity index (χ4v) is 8.03. The van der Waals surface area contributed by atoms with E-state index in [1.807, 2.05) is 6.07 Å². The summed E-state index contributed by atoms with van der Waals surface area (Å²) in [4.78, 5) is 17.5. The molecule has 2 bridgehead atoms. The van der Waals surface area contributed by atoms with Crippen molar-refractivity contribution in [1.82, 2.24) is 9.80 Å². The number of halogens is 2. The van der Waals surface area contributed by atoms with Crippen molar-refractivity contribution < 1.29 is 24.1 Å². The van der Waals surface area contributed by atoms with Gasteiger partial charge < -0.3 is 19.8 Å². The second-order valence-corrected chi connectivity index (χ2v) is 12.3. The van der Waals surface area contributed by atoms with Crippen LogP contribution >= 0.6 is 11.6 Å². The minimum atomic E-state index is -0.992. The smallest absolute Gasteiger partial charge is 0.246 e. The van der Waals surface area contributed by atoms with E-state index >= 15 is 0 Å². The Labute approximate surface area is 226 Å². The minimum absolute atomic E-state index is 0.00685. The summed E-state index contributed by atoms with van der Waals surface area (Å²) in [6, 6.07) is 7.81. The van der Waals surface area contributed by atoms with E-state index in [2.05, 4.69) is 4.90 Å². The van der Waals surface area contributed by atoms with Gasteiger partial charge in [-0.2, -0.15) is 0 Å². The number of nitrogens with zero attached hydrogens (tertiary/aromatic N) is 2. The molecule has 6 nitrogen and oxygen atoms in total. The summed E-state index contributed by atoms with van der Waals surface area (Å²) in [6.45, 7) is 1.89. The molecule has 1 amide bonds. The fourth-order valence-electron chi connectivity index (χ4n) is 7.92. The van der Waals surface area contributed by atoms with E-state index in [-0.39, 0.29) is 28.8 Å². The van der Waals surface area contributed by atoms with Crippen molar-refractivity contribution in [2.75, 3.05) is 20.1 Å². The maximum Gasteiger partial charge on any atom is 0.246 e. The quantitative estimate of drug-likeness (QED) is 0.556. The Hall–Kier alpha value is -2.61. The third-order valence-electron chi connectivity index (χ3n) is 9.94. The lowest BCUT2D eigenvalue weighted by Crippen LogP contribution is -2.78. The number of benzene rings is 2. The summed E-state index contributed by atoms with van der Waals surface area (Å²) in [6.07, 6.45) is 7.68. The summed E-state index contributed by atoms with van der Waals surface area (Å²) in [5.74, 6) is 0.523. The number of ether oxygens (including phenoxy) is 1. The third-order valence-corrected chi connectivity index (χ3v) is 10.2. The largest absolute Gasteiger partial charge is 0.504 e. The molecule has 38 heavy (non-hydrogen) atoms. The van der Waals surface area contributed by atoms with E-state index in [0.29, 0.717) is 24.2 Å². The van der Waals surface area contributed by atoms with Gasteiger partial charge >= 0.3 is 0 Å². The molecule has 3 fully saturated rings. The van der Waals surface area contributed by atoms with E-state index < -0.39 is 22.9 Å². The van der Waals surface area contributed by atoms with Crippen molar-refractivity contribution in [2.45, 2.75) is 67.7 Å². The summed E-state index contributed by atoms with van der Waals surface area (Å²) < 4.78 is 20.4. The van der Waals surface area contributed by atoms with E-state index in [1.54, 1.807) is 30.2 Å². The fraction of sp³-hybridized carbons (Fsp3) is 0.500. The number of likely N-dealkylation sites (N-methyl/N-ethyl adjacent to an activating group) is 1. The molecule has 7 rings (SSSR count). The Morgan fingerprint density at radius 1 is 1.26 bits per heavy atom. The Balaban J connectivity index is 1.23. The van der Waals surface area contributed by atoms with Gasteiger partial charge in [-0.05, 0) is 86.4 Å². The highest BCUT2D eigenvalue weighted by molar-refractivity contribution is 6.30. The minimum Gasteiger partial charge on any atom is -0.504 e. The molecule has 5 atom stereocenters. The normalized spacial score (nSPS) is 33.2. The molecule has 2 aromatic rings. The molecule has 1 spiro atoms. The first kappa shape index (κ1) is 24.4. The van der Waals surface area contributed by atoms with Crippen LogP contribution in [-0.2, 0) is 16.6 Å². The van der Waals surface area contributed by atoms with Crippen LogP contribution in [0, 0.1) is 11.7 Å². The van der Waals surface area contributed by atoms with Crippen LogP contribution < -0.4 is 4.74 Å². The van der Waals surface area contributed by atoms with Crippen molar-refractivity contribution in [2.24, 2.45) is 5.92 Å². The van der Waals surface area contributed by atoms with Crippen molar-refractivity contribution in [3.63, 3.8) is 0 Å². The second kappa shape index (κ2) is 8.44. The van der Waals surface area contributed by atoms with Gasteiger partial charge in [-0.3, -0.25) is 9.69 Å². The highest BCUT2D eigenvalue weighted by atomic mass is 35.5. The van der Waals surface area contributed by atoms with Crippen molar-refractivity contribution in [3.8, 4) is 11.5 Å². The number of hydrogen-bond acceptors (Lipinski definition) is 5. The predicted octanol–water partition coefficient (Wildman–Crippen LogP) is 4.29. The van der Waals surface area contributed by atoms with Gasteiger partial charge in [0, 0.05) is 31.3 Å². The van der Waals surface area contributed by atoms with Crippen LogP contribution in [0.5, 0.6) is 11.5 Å². The first-order chi connectivity index (χ1) is 18.2. The zero-order valence-electron chi connectivity index (χ0n) is 21.4. The molecule has 2 heterocycles. The SMILES string of the molecule is CN(C(=O)/C=C/c1ccc(Cl)c(F)c1)C1CC[C@@]2(O)[C@H]3Cc4ccc(O)c5c4[C@@]2(CCN3CC2CC2)C1O5. The number of carbonyl (C=O) groups is 1. The first-order valence-corrected chi connectivity index (χ1v) is 14.0. The predicted molar refractivity (Wildman–Crippen MR) is 142 cm³/mol. The van der Waals surface area contributed by atoms with Crippen LogP contribution in [0.3, 0.4) is 0 Å². The Bertz CT molecular complexity index is 1360. The monoisotopic (exact) mass is 538 g/mol. The van der Waals surface area contributed by atoms with Crippen LogP contribution in [0.4, 0.5) is 4.39 Å². The van der Waals surface area contributed by atoms with Crippen molar-refractivity contribution >= 4 is 23.6 Å². The lowest BCUT2D eigenvalue weighted by molar-refractivity contribution is -0.200. The standard InChI is InChI=1S/C30H32ClFN2O4/c1-33(25(36)9-5-17-4-7-20(31)21(32)14-17)22-10-11-30(37)24-15-19-6-8-23(35)27-26(19)29(30,28(22)38-27)12-13-34(24)16-18-2-3-18/h4-9,14,18,22,24,28,35,37H,2-3,10-13,15-16H2,1H3/b9-5+/t22?,24-,28?,29+,30-/m1/s1. The van der Waals surface area contributed by atoms with Crippen LogP contribution in [0.1, 0.15) is 48.8 Å². The van der Waals surface area contributed by atoms with Gasteiger partial charge in [-0.15, -0.1) is 0 Å². The highest BCUT2D eigenvalue weighted by Crippen LogP contribution is 2.66. The maximum atomic E-state index is 13.9. The van der Waals surface area contributed by atoms with Crippen LogP contribution in [-0.4, -0.2) is 69.8 Å². The number of piperidine rings is 1. The number of carbonyl (C=O) groups excluding carboxylic acids is 1. The number of rotatable bonds is 5. The van der Waals surface area contributed by atoms with Gasteiger partial charge in [-0.1, -0.05) is 23.7 Å². The van der Waals surface area contributed by atoms with Crippen LogP contribution in [0.2, 0.25) is 5.02 Å².